The Morgan fingerprint density at radius 2 is 1.81 bits per heavy atom. The van der Waals surface area contributed by atoms with Crippen molar-refractivity contribution in [3.8, 4) is 5.75 Å². The summed E-state index contributed by atoms with van der Waals surface area (Å²) >= 11 is 0. The van der Waals surface area contributed by atoms with Crippen LogP contribution in [0.2, 0.25) is 0 Å². The lowest BCUT2D eigenvalue weighted by Gasteiger charge is -2.01. The fraction of sp³-hybridized carbons (Fsp3) is 0.133. The molecule has 2 rings (SSSR count). The van der Waals surface area contributed by atoms with Gasteiger partial charge in [-0.15, -0.1) is 0 Å². The fourth-order valence-electron chi connectivity index (χ4n) is 1.80. The second-order valence-corrected chi connectivity index (χ2v) is 4.28. The Labute approximate surface area is 133 Å². The van der Waals surface area contributed by atoms with Gasteiger partial charge in [-0.25, -0.2) is 0 Å². The topological polar surface area (TPSA) is 73.3 Å². The molecule has 0 atom stereocenters. The molecule has 0 radical (unpaired) electrons. The van der Waals surface area contributed by atoms with E-state index in [2.05, 4.69) is 0 Å². The van der Waals surface area contributed by atoms with E-state index in [-0.39, 0.29) is 29.3 Å². The van der Waals surface area contributed by atoms with Crippen LogP contribution < -0.4 is 32.0 Å². The van der Waals surface area contributed by atoms with E-state index in [1.807, 2.05) is 0 Å². The highest BCUT2D eigenvalue weighted by atomic mass is 79.9. The van der Waals surface area contributed by atoms with Gasteiger partial charge in [-0.05, 0) is 30.3 Å². The van der Waals surface area contributed by atoms with Crippen LogP contribution >= 0.6 is 0 Å². The van der Waals surface area contributed by atoms with Crippen molar-refractivity contribution in [3.63, 3.8) is 0 Å². The second-order valence-electron chi connectivity index (χ2n) is 4.28. The Morgan fingerprint density at radius 1 is 1.14 bits per heavy atom. The highest BCUT2D eigenvalue weighted by Gasteiger charge is 2.14. The first kappa shape index (κ1) is 16.8. The Morgan fingerprint density at radius 3 is 2.38 bits per heavy atom. The number of pyridine rings is 1. The minimum absolute atomic E-state index is 0. The number of aromatic nitrogens is 1. The van der Waals surface area contributed by atoms with Gasteiger partial charge >= 0.3 is 0 Å². The molecular weight excluding hydrogens is 336 g/mol. The third-order valence-electron chi connectivity index (χ3n) is 2.88. The number of carbonyl (C=O) groups excluding carboxylic acids is 2. The number of primary amides is 1. The Balaban J connectivity index is 0.00000220. The molecule has 0 aliphatic heterocycles. The minimum Gasteiger partial charge on any atom is -1.00 e. The number of halogens is 1. The number of nitrogens with two attached hydrogens (primary N) is 1. The van der Waals surface area contributed by atoms with Gasteiger partial charge in [0.25, 0.3) is 5.91 Å². The summed E-state index contributed by atoms with van der Waals surface area (Å²) in [5.41, 5.74) is 6.16. The van der Waals surface area contributed by atoms with E-state index in [0.29, 0.717) is 16.9 Å². The number of amides is 1. The smallest absolute Gasteiger partial charge is 0.254 e. The molecule has 1 amide bonds. The molecule has 0 aliphatic carbocycles. The van der Waals surface area contributed by atoms with Crippen molar-refractivity contribution in [2.75, 3.05) is 7.11 Å². The van der Waals surface area contributed by atoms with Crippen LogP contribution in [-0.4, -0.2) is 18.8 Å². The molecule has 5 nitrogen and oxygen atoms in total. The van der Waals surface area contributed by atoms with E-state index < -0.39 is 5.91 Å². The lowest BCUT2D eigenvalue weighted by molar-refractivity contribution is -0.683. The van der Waals surface area contributed by atoms with Crippen LogP contribution in [0.1, 0.15) is 20.7 Å². The van der Waals surface area contributed by atoms with E-state index in [1.54, 1.807) is 60.5 Å². The molecule has 0 saturated heterocycles. The van der Waals surface area contributed by atoms with E-state index in [1.165, 1.54) is 0 Å². The number of ketones is 1. The van der Waals surface area contributed by atoms with Gasteiger partial charge in [0.15, 0.2) is 12.4 Å². The molecule has 0 bridgehead atoms. The van der Waals surface area contributed by atoms with Crippen LogP contribution in [-0.2, 0) is 6.54 Å². The van der Waals surface area contributed by atoms with Crippen molar-refractivity contribution in [1.82, 2.24) is 0 Å². The molecule has 6 heteroatoms. The lowest BCUT2D eigenvalue weighted by Crippen LogP contribution is -3.00. The normalized spacial score (nSPS) is 9.57. The lowest BCUT2D eigenvalue weighted by atomic mass is 10.1. The first-order chi connectivity index (χ1) is 9.60. The van der Waals surface area contributed by atoms with Crippen molar-refractivity contribution in [3.05, 3.63) is 59.9 Å². The van der Waals surface area contributed by atoms with Gasteiger partial charge in [0, 0.05) is 11.6 Å². The number of hydrogen-bond acceptors (Lipinski definition) is 3. The molecule has 0 saturated carbocycles. The maximum atomic E-state index is 12.1. The van der Waals surface area contributed by atoms with Gasteiger partial charge in [0.05, 0.1) is 7.11 Å². The van der Waals surface area contributed by atoms with Crippen molar-refractivity contribution >= 4 is 11.7 Å². The molecule has 1 heterocycles. The monoisotopic (exact) mass is 350 g/mol. The van der Waals surface area contributed by atoms with E-state index in [4.69, 9.17) is 10.5 Å². The van der Waals surface area contributed by atoms with E-state index in [9.17, 15) is 9.59 Å². The summed E-state index contributed by atoms with van der Waals surface area (Å²) in [6.45, 7) is 0.146. The molecule has 2 aromatic rings. The van der Waals surface area contributed by atoms with Gasteiger partial charge in [-0.1, -0.05) is 0 Å². The first-order valence-corrected chi connectivity index (χ1v) is 6.06. The van der Waals surface area contributed by atoms with Gasteiger partial charge in [-0.3, -0.25) is 9.59 Å². The minimum atomic E-state index is -0.517. The van der Waals surface area contributed by atoms with Crippen molar-refractivity contribution < 1.29 is 35.9 Å². The predicted molar refractivity (Wildman–Crippen MR) is 72.5 cm³/mol. The Hall–Kier alpha value is -2.21. The zero-order chi connectivity index (χ0) is 14.5. The van der Waals surface area contributed by atoms with Gasteiger partial charge in [0.1, 0.15) is 11.3 Å². The van der Waals surface area contributed by atoms with Crippen molar-refractivity contribution in [1.29, 1.82) is 0 Å². The Bertz CT molecular complexity index is 642. The van der Waals surface area contributed by atoms with E-state index in [0.717, 1.165) is 0 Å². The number of nitrogens with zero attached hydrogens (tertiary/aromatic N) is 1. The first-order valence-electron chi connectivity index (χ1n) is 6.06. The van der Waals surface area contributed by atoms with Crippen molar-refractivity contribution in [2.45, 2.75) is 6.54 Å². The summed E-state index contributed by atoms with van der Waals surface area (Å²) in [6.07, 6.45) is 3.28. The zero-order valence-electron chi connectivity index (χ0n) is 11.5. The van der Waals surface area contributed by atoms with Crippen LogP contribution in [0.25, 0.3) is 0 Å². The van der Waals surface area contributed by atoms with Crippen LogP contribution in [0.3, 0.4) is 0 Å². The fourth-order valence-corrected chi connectivity index (χ4v) is 1.80. The summed E-state index contributed by atoms with van der Waals surface area (Å²) in [5, 5.41) is 0. The summed E-state index contributed by atoms with van der Waals surface area (Å²) in [4.78, 5) is 23.2. The van der Waals surface area contributed by atoms with Gasteiger partial charge in [0.2, 0.25) is 12.3 Å². The zero-order valence-corrected chi connectivity index (χ0v) is 13.0. The number of Topliss-reactive ketones (excluding diaryl/α,β-unsaturated/α-hetero) is 1. The quantitative estimate of drug-likeness (QED) is 0.499. The van der Waals surface area contributed by atoms with E-state index >= 15 is 0 Å². The summed E-state index contributed by atoms with van der Waals surface area (Å²) in [7, 11) is 1.57. The number of ether oxygens (including phenoxy) is 1. The SMILES string of the molecule is COc1ccc(C(=O)C[n+]2cccc(C(N)=O)c2)cc1.[Br-]. The molecule has 0 unspecified atom stereocenters. The molecule has 1 aromatic carbocycles. The number of rotatable bonds is 5. The maximum absolute atomic E-state index is 12.1. The summed E-state index contributed by atoms with van der Waals surface area (Å²) in [5.74, 6) is 0.125. The van der Waals surface area contributed by atoms with Crippen LogP contribution in [0.4, 0.5) is 0 Å². The molecule has 0 fully saturated rings. The summed E-state index contributed by atoms with van der Waals surface area (Å²) < 4.78 is 6.67. The second kappa shape index (κ2) is 7.54. The molecule has 21 heavy (non-hydrogen) atoms. The van der Waals surface area contributed by atoms with Crippen molar-refractivity contribution in [2.24, 2.45) is 5.73 Å². The van der Waals surface area contributed by atoms with Crippen LogP contribution in [0.5, 0.6) is 5.75 Å². The summed E-state index contributed by atoms with van der Waals surface area (Å²) in [6, 6.07) is 10.2. The molecular formula is C15H15BrN2O3. The highest BCUT2D eigenvalue weighted by Crippen LogP contribution is 2.11. The number of hydrogen-bond donors (Lipinski definition) is 1. The number of benzene rings is 1. The molecule has 0 spiro atoms. The largest absolute Gasteiger partial charge is 1.00 e. The van der Waals surface area contributed by atoms with Gasteiger partial charge < -0.3 is 27.5 Å². The molecule has 1 aromatic heterocycles. The predicted octanol–water partition coefficient (Wildman–Crippen LogP) is -2.03. The Kier molecular flexibility index (Phi) is 6.05. The third kappa shape index (κ3) is 4.39. The average Bonchev–Trinajstić information content (AvgIpc) is 2.47. The standard InChI is InChI=1S/C15H14N2O3.BrH/c1-20-13-6-4-11(5-7-13)14(18)10-17-8-2-3-12(9-17)15(16)19;/h2-9H,10H2,1H3,(H-,16,19);1H. The van der Waals surface area contributed by atoms with Gasteiger partial charge in [-0.2, -0.15) is 4.57 Å². The molecule has 0 aliphatic rings. The average molecular weight is 351 g/mol. The maximum Gasteiger partial charge on any atom is 0.254 e. The third-order valence-corrected chi connectivity index (χ3v) is 2.88. The number of methoxy groups -OCH3 is 1. The van der Waals surface area contributed by atoms with Crippen LogP contribution in [0, 0.1) is 0 Å². The molecule has 110 valence electrons. The highest BCUT2D eigenvalue weighted by molar-refractivity contribution is 5.95. The number of carbonyl (C=O) groups is 2. The van der Waals surface area contributed by atoms with Crippen LogP contribution in [0.15, 0.2) is 48.8 Å². The molecule has 2 N–H and O–H groups in total.